The number of carbonyl (C=O) groups excluding carboxylic acids is 1. The first-order valence-electron chi connectivity index (χ1n) is 7.58. The van der Waals surface area contributed by atoms with Gasteiger partial charge in [-0.1, -0.05) is 89.9 Å². The Bertz CT molecular complexity index is 757. The topological polar surface area (TPSA) is 35.5 Å². The van der Waals surface area contributed by atoms with Gasteiger partial charge in [-0.25, -0.2) is 4.79 Å². The van der Waals surface area contributed by atoms with E-state index in [1.165, 1.54) is 0 Å². The highest BCUT2D eigenvalue weighted by Crippen LogP contribution is 2.35. The van der Waals surface area contributed by atoms with E-state index in [4.69, 9.17) is 39.8 Å². The average Bonchev–Trinajstić information content (AvgIpc) is 2.70. The van der Waals surface area contributed by atoms with Crippen molar-refractivity contribution in [3.05, 3.63) is 96.6 Å². The van der Waals surface area contributed by atoms with Crippen molar-refractivity contribution in [1.82, 2.24) is 0 Å². The van der Waals surface area contributed by atoms with Crippen molar-refractivity contribution in [2.45, 2.75) is 4.33 Å². The van der Waals surface area contributed by atoms with Crippen molar-refractivity contribution in [3.8, 4) is 11.5 Å². The number of halogens is 3. The maximum atomic E-state index is 11.0. The van der Waals surface area contributed by atoms with Crippen LogP contribution in [0.5, 0.6) is 11.5 Å². The minimum Gasteiger partial charge on any atom is -0.457 e. The van der Waals surface area contributed by atoms with Gasteiger partial charge >= 0.3 is 5.97 Å². The first-order valence-corrected chi connectivity index (χ1v) is 8.65. The number of benzene rings is 3. The van der Waals surface area contributed by atoms with Crippen LogP contribution in [0.15, 0.2) is 91.0 Å². The quantitative estimate of drug-likeness (QED) is 0.462. The molecule has 26 heavy (non-hydrogen) atoms. The Morgan fingerprint density at radius 1 is 0.692 bits per heavy atom. The van der Waals surface area contributed by atoms with Crippen LogP contribution in [0.1, 0.15) is 5.56 Å². The molecule has 0 heterocycles. The van der Waals surface area contributed by atoms with Gasteiger partial charge in [-0.2, -0.15) is 0 Å². The highest BCUT2D eigenvalue weighted by Gasteiger charge is 2.37. The number of ether oxygens (including phenoxy) is 1. The average molecular weight is 410 g/mol. The fourth-order valence-corrected chi connectivity index (χ4v) is 2.45. The van der Waals surface area contributed by atoms with Gasteiger partial charge in [0.05, 0.1) is 0 Å². The molecular weight excluding hydrogens is 395 g/mol. The Hall–Kier alpha value is -2.20. The molecule has 0 saturated carbocycles. The summed E-state index contributed by atoms with van der Waals surface area (Å²) in [5.41, 5.74) is 0.420. The Morgan fingerprint density at radius 2 is 1.08 bits per heavy atom. The van der Waals surface area contributed by atoms with E-state index in [2.05, 4.69) is 4.29 Å². The summed E-state index contributed by atoms with van der Waals surface area (Å²) in [5.74, 6) is 0.825. The molecule has 6 heteroatoms. The van der Waals surface area contributed by atoms with Gasteiger partial charge in [0.25, 0.3) is 0 Å². The highest BCUT2D eigenvalue weighted by atomic mass is 35.5. The lowest BCUT2D eigenvalue weighted by molar-refractivity contribution is -0.134. The van der Waals surface area contributed by atoms with Crippen molar-refractivity contribution in [2.24, 2.45) is 0 Å². The van der Waals surface area contributed by atoms with Gasteiger partial charge < -0.3 is 9.03 Å². The van der Waals surface area contributed by atoms with Crippen LogP contribution in [0.4, 0.5) is 0 Å². The van der Waals surface area contributed by atoms with Gasteiger partial charge in [0.2, 0.25) is 4.33 Å². The molecule has 3 aromatic rings. The van der Waals surface area contributed by atoms with Crippen molar-refractivity contribution in [3.63, 3.8) is 0 Å². The molecule has 0 bridgehead atoms. The van der Waals surface area contributed by atoms with E-state index in [1.807, 2.05) is 60.7 Å². The monoisotopic (exact) mass is 408 g/mol. The molecule has 0 spiro atoms. The molecule has 0 aliphatic rings. The zero-order valence-electron chi connectivity index (χ0n) is 13.5. The third-order valence-corrected chi connectivity index (χ3v) is 4.07. The van der Waals surface area contributed by atoms with Gasteiger partial charge in [-0.05, 0) is 29.8 Å². The first-order chi connectivity index (χ1) is 12.5. The van der Waals surface area contributed by atoms with Crippen LogP contribution in [-0.2, 0) is 13.4 Å². The molecule has 0 atom stereocenters. The zero-order valence-corrected chi connectivity index (χ0v) is 15.8. The Morgan fingerprint density at radius 3 is 1.46 bits per heavy atom. The molecule has 3 nitrogen and oxygen atoms in total. The third-order valence-electron chi connectivity index (χ3n) is 3.18. The summed E-state index contributed by atoms with van der Waals surface area (Å²) in [5, 5.41) is 0. The fourth-order valence-electron chi connectivity index (χ4n) is 1.93. The molecule has 3 aromatic carbocycles. The van der Waals surface area contributed by atoms with E-state index < -0.39 is 10.3 Å². The van der Waals surface area contributed by atoms with Crippen molar-refractivity contribution in [2.75, 3.05) is 0 Å². The second-order valence-corrected chi connectivity index (χ2v) is 6.51. The maximum absolute atomic E-state index is 11.0. The number of carbonyl (C=O) groups is 1. The van der Waals surface area contributed by atoms with E-state index in [0.717, 1.165) is 11.5 Å². The standard InChI is InChI=1S/C12H10O.C8H5Cl3O2/c1-3-7-11(8-4-1)13-12-9-5-2-6-10-12;9-8(10,7(12)13-11)6-4-2-1-3-5-6/h1-10H;1-5H. The number of para-hydroxylation sites is 2. The van der Waals surface area contributed by atoms with Crippen LogP contribution >= 0.6 is 35.1 Å². The Kier molecular flexibility index (Phi) is 7.79. The highest BCUT2D eigenvalue weighted by molar-refractivity contribution is 6.57. The molecule has 0 N–H and O–H groups in total. The second kappa shape index (κ2) is 10.1. The molecule has 0 aliphatic heterocycles. The van der Waals surface area contributed by atoms with E-state index in [-0.39, 0.29) is 0 Å². The lowest BCUT2D eigenvalue weighted by Crippen LogP contribution is -2.23. The van der Waals surface area contributed by atoms with Crippen LogP contribution < -0.4 is 4.74 Å². The van der Waals surface area contributed by atoms with Gasteiger partial charge in [-0.3, -0.25) is 0 Å². The molecule has 0 aromatic heterocycles. The van der Waals surface area contributed by atoms with Crippen LogP contribution in [-0.4, -0.2) is 5.97 Å². The molecule has 3 rings (SSSR count). The number of alkyl halides is 2. The summed E-state index contributed by atoms with van der Waals surface area (Å²) >= 11 is 16.3. The first kappa shape index (κ1) is 20.1. The predicted molar refractivity (Wildman–Crippen MR) is 105 cm³/mol. The fraction of sp³-hybridized carbons (Fsp3) is 0.0500. The maximum Gasteiger partial charge on any atom is 0.365 e. The summed E-state index contributed by atoms with van der Waals surface area (Å²) in [7, 11) is 0. The van der Waals surface area contributed by atoms with Crippen molar-refractivity contribution >= 4 is 41.0 Å². The summed E-state index contributed by atoms with van der Waals surface area (Å²) < 4.78 is 7.77. The molecule has 0 aliphatic carbocycles. The van der Waals surface area contributed by atoms with Gasteiger partial charge in [0.1, 0.15) is 23.4 Å². The number of hydrogen-bond donors (Lipinski definition) is 0. The summed E-state index contributed by atoms with van der Waals surface area (Å²) in [6, 6.07) is 27.9. The minimum atomic E-state index is -1.75. The molecule has 134 valence electrons. The van der Waals surface area contributed by atoms with Crippen molar-refractivity contribution in [1.29, 1.82) is 0 Å². The predicted octanol–water partition coefficient (Wildman–Crippen LogP) is 6.49. The number of hydrogen-bond acceptors (Lipinski definition) is 3. The molecule has 0 radical (unpaired) electrons. The summed E-state index contributed by atoms with van der Waals surface area (Å²) in [6.07, 6.45) is 0. The molecule has 0 unspecified atom stereocenters. The number of rotatable bonds is 4. The second-order valence-electron chi connectivity index (χ2n) is 5.03. The molecule has 0 amide bonds. The molecular formula is C20H15Cl3O3. The summed E-state index contributed by atoms with van der Waals surface area (Å²) in [4.78, 5) is 11.0. The van der Waals surface area contributed by atoms with Gasteiger partial charge in [0.15, 0.2) is 0 Å². The SMILES string of the molecule is O=C(OCl)C(Cl)(Cl)c1ccccc1.c1ccc(Oc2ccccc2)cc1. The zero-order chi connectivity index (χ0) is 18.8. The normalized spacial score (nSPS) is 10.3. The van der Waals surface area contributed by atoms with E-state index in [1.54, 1.807) is 30.3 Å². The molecule has 0 saturated heterocycles. The largest absolute Gasteiger partial charge is 0.457 e. The van der Waals surface area contributed by atoms with Gasteiger partial charge in [-0.15, -0.1) is 0 Å². The van der Waals surface area contributed by atoms with E-state index >= 15 is 0 Å². The third kappa shape index (κ3) is 5.95. The smallest absolute Gasteiger partial charge is 0.365 e. The van der Waals surface area contributed by atoms with Crippen LogP contribution in [0, 0.1) is 0 Å². The van der Waals surface area contributed by atoms with Gasteiger partial charge in [0, 0.05) is 0 Å². The lowest BCUT2D eigenvalue weighted by atomic mass is 10.1. The van der Waals surface area contributed by atoms with E-state index in [9.17, 15) is 4.79 Å². The van der Waals surface area contributed by atoms with Crippen LogP contribution in [0.25, 0.3) is 0 Å². The lowest BCUT2D eigenvalue weighted by Gasteiger charge is -2.14. The minimum absolute atomic E-state index is 0.420. The van der Waals surface area contributed by atoms with Crippen LogP contribution in [0.2, 0.25) is 0 Å². The van der Waals surface area contributed by atoms with Crippen molar-refractivity contribution < 1.29 is 13.8 Å². The summed E-state index contributed by atoms with van der Waals surface area (Å²) in [6.45, 7) is 0. The van der Waals surface area contributed by atoms with E-state index in [0.29, 0.717) is 5.56 Å². The molecule has 0 fully saturated rings. The van der Waals surface area contributed by atoms with Crippen LogP contribution in [0.3, 0.4) is 0 Å². The Labute approximate surface area is 167 Å². The Balaban J connectivity index is 0.000000187.